The van der Waals surface area contributed by atoms with Crippen molar-refractivity contribution in [1.82, 2.24) is 0 Å². The van der Waals surface area contributed by atoms with Crippen LogP contribution in [0.25, 0.3) is 0 Å². The van der Waals surface area contributed by atoms with Crippen LogP contribution in [-0.2, 0) is 0 Å². The van der Waals surface area contributed by atoms with Crippen LogP contribution >= 0.6 is 9.39 Å². The fourth-order valence-corrected chi connectivity index (χ4v) is 1.19. The minimum atomic E-state index is 0.876. The van der Waals surface area contributed by atoms with Gasteiger partial charge in [-0.05, 0) is 27.9 Å². The van der Waals surface area contributed by atoms with Gasteiger partial charge in [-0.15, -0.1) is 0 Å². The number of aryl methyl sites for hydroxylation is 1. The monoisotopic (exact) mass is 169 g/mol. The van der Waals surface area contributed by atoms with Gasteiger partial charge in [-0.1, -0.05) is 6.07 Å². The minimum absolute atomic E-state index is 0.876. The molecule has 0 radical (unpaired) electrons. The fraction of sp³-hybridized carbons (Fsp3) is 0.250. The molecule has 1 unspecified atom stereocenters. The van der Waals surface area contributed by atoms with Gasteiger partial charge in [0.2, 0.25) is 0 Å². The van der Waals surface area contributed by atoms with E-state index >= 15 is 0 Å². The van der Waals surface area contributed by atoms with Crippen molar-refractivity contribution in [2.45, 2.75) is 6.92 Å². The molecule has 0 heterocycles. The molecular formula is C8H12NOP. The van der Waals surface area contributed by atoms with Crippen molar-refractivity contribution in [3.63, 3.8) is 0 Å². The van der Waals surface area contributed by atoms with Crippen molar-refractivity contribution in [3.05, 3.63) is 23.8 Å². The van der Waals surface area contributed by atoms with Crippen LogP contribution in [-0.4, -0.2) is 7.11 Å². The van der Waals surface area contributed by atoms with Crippen LogP contribution < -0.4 is 9.82 Å². The largest absolute Gasteiger partial charge is 0.497 e. The van der Waals surface area contributed by atoms with E-state index in [-0.39, 0.29) is 0 Å². The van der Waals surface area contributed by atoms with Crippen LogP contribution in [0.1, 0.15) is 5.56 Å². The van der Waals surface area contributed by atoms with Gasteiger partial charge >= 0.3 is 0 Å². The first-order valence-electron chi connectivity index (χ1n) is 3.39. The molecule has 1 atom stereocenters. The predicted octanol–water partition coefficient (Wildman–Crippen LogP) is 2.21. The Bertz CT molecular complexity index is 250. The fourth-order valence-electron chi connectivity index (χ4n) is 0.884. The van der Waals surface area contributed by atoms with Gasteiger partial charge in [-0.25, -0.2) is 0 Å². The molecule has 0 spiro atoms. The van der Waals surface area contributed by atoms with E-state index in [0.717, 1.165) is 11.4 Å². The smallest absolute Gasteiger partial charge is 0.120 e. The van der Waals surface area contributed by atoms with Crippen LogP contribution in [0.4, 0.5) is 5.69 Å². The maximum Gasteiger partial charge on any atom is 0.120 e. The zero-order valence-corrected chi connectivity index (χ0v) is 7.87. The standard InChI is InChI=1S/C8H12NOP/c1-6-3-4-7(10-2)5-8(6)9-11/h3-5,9H,11H2,1-2H3. The second-order valence-electron chi connectivity index (χ2n) is 2.33. The third kappa shape index (κ3) is 1.84. The van der Waals surface area contributed by atoms with Crippen LogP contribution in [0.3, 0.4) is 0 Å². The molecule has 0 saturated carbocycles. The molecule has 1 rings (SSSR count). The Morgan fingerprint density at radius 2 is 2.18 bits per heavy atom. The Labute approximate surface area is 69.2 Å². The topological polar surface area (TPSA) is 21.3 Å². The lowest BCUT2D eigenvalue weighted by molar-refractivity contribution is 0.415. The summed E-state index contributed by atoms with van der Waals surface area (Å²) in [5, 5.41) is 3.01. The maximum absolute atomic E-state index is 5.06. The normalized spacial score (nSPS) is 9.36. The quantitative estimate of drug-likeness (QED) is 0.685. The zero-order valence-electron chi connectivity index (χ0n) is 6.72. The summed E-state index contributed by atoms with van der Waals surface area (Å²) in [5.41, 5.74) is 2.29. The highest BCUT2D eigenvalue weighted by Crippen LogP contribution is 2.22. The number of nitrogens with one attached hydrogen (secondary N) is 1. The average molecular weight is 169 g/mol. The van der Waals surface area contributed by atoms with E-state index in [9.17, 15) is 0 Å². The number of anilines is 1. The Hall–Kier alpha value is -0.750. The molecule has 1 aromatic carbocycles. The van der Waals surface area contributed by atoms with E-state index in [4.69, 9.17) is 4.74 Å². The van der Waals surface area contributed by atoms with E-state index in [1.165, 1.54) is 5.56 Å². The summed E-state index contributed by atoms with van der Waals surface area (Å²) in [7, 11) is 4.13. The summed E-state index contributed by atoms with van der Waals surface area (Å²) in [6.45, 7) is 2.05. The lowest BCUT2D eigenvalue weighted by Crippen LogP contribution is -1.87. The third-order valence-electron chi connectivity index (χ3n) is 1.60. The van der Waals surface area contributed by atoms with Crippen molar-refractivity contribution in [2.75, 3.05) is 12.2 Å². The molecule has 0 aliphatic rings. The van der Waals surface area contributed by atoms with Gasteiger partial charge in [0.25, 0.3) is 0 Å². The first-order chi connectivity index (χ1) is 5.27. The molecular weight excluding hydrogens is 157 g/mol. The number of methoxy groups -OCH3 is 1. The predicted molar refractivity (Wildman–Crippen MR) is 51.1 cm³/mol. The van der Waals surface area contributed by atoms with E-state index < -0.39 is 0 Å². The molecule has 1 N–H and O–H groups in total. The number of hydrogen-bond acceptors (Lipinski definition) is 2. The van der Waals surface area contributed by atoms with Crippen molar-refractivity contribution in [3.8, 4) is 5.75 Å². The van der Waals surface area contributed by atoms with Crippen LogP contribution in [0, 0.1) is 6.92 Å². The van der Waals surface area contributed by atoms with Crippen molar-refractivity contribution in [1.29, 1.82) is 0 Å². The first-order valence-corrected chi connectivity index (χ1v) is 3.97. The van der Waals surface area contributed by atoms with Gasteiger partial charge in [0, 0.05) is 11.8 Å². The van der Waals surface area contributed by atoms with Crippen molar-refractivity contribution < 1.29 is 4.74 Å². The molecule has 0 saturated heterocycles. The molecule has 0 aromatic heterocycles. The highest BCUT2D eigenvalue weighted by molar-refractivity contribution is 7.18. The SMILES string of the molecule is COc1ccc(C)c(NP)c1. The summed E-state index contributed by atoms with van der Waals surface area (Å²) in [6.07, 6.45) is 0. The van der Waals surface area contributed by atoms with Crippen LogP contribution in [0.15, 0.2) is 18.2 Å². The molecule has 2 nitrogen and oxygen atoms in total. The summed E-state index contributed by atoms with van der Waals surface area (Å²) < 4.78 is 5.06. The van der Waals surface area contributed by atoms with Crippen molar-refractivity contribution in [2.24, 2.45) is 0 Å². The lowest BCUT2D eigenvalue weighted by Gasteiger charge is -2.06. The Morgan fingerprint density at radius 3 is 2.73 bits per heavy atom. The number of hydrogen-bond donors (Lipinski definition) is 1. The molecule has 60 valence electrons. The Balaban J connectivity index is 3.02. The van der Waals surface area contributed by atoms with Gasteiger partial charge in [0.1, 0.15) is 5.75 Å². The average Bonchev–Trinajstić information content (AvgIpc) is 2.05. The number of ether oxygens (including phenoxy) is 1. The van der Waals surface area contributed by atoms with E-state index in [0.29, 0.717) is 0 Å². The zero-order chi connectivity index (χ0) is 8.27. The van der Waals surface area contributed by atoms with E-state index in [2.05, 4.69) is 14.5 Å². The summed E-state index contributed by atoms with van der Waals surface area (Å²) >= 11 is 0. The lowest BCUT2D eigenvalue weighted by atomic mass is 10.2. The van der Waals surface area contributed by atoms with Gasteiger partial charge in [-0.3, -0.25) is 0 Å². The molecule has 0 aliphatic heterocycles. The summed E-state index contributed by atoms with van der Waals surface area (Å²) in [6, 6.07) is 5.92. The van der Waals surface area contributed by atoms with Gasteiger partial charge < -0.3 is 9.82 Å². The first kappa shape index (κ1) is 8.35. The van der Waals surface area contributed by atoms with Gasteiger partial charge in [-0.2, -0.15) is 0 Å². The third-order valence-corrected chi connectivity index (χ3v) is 1.91. The molecule has 3 heteroatoms. The Morgan fingerprint density at radius 1 is 1.45 bits per heavy atom. The van der Waals surface area contributed by atoms with Crippen molar-refractivity contribution >= 4 is 15.1 Å². The minimum Gasteiger partial charge on any atom is -0.497 e. The highest BCUT2D eigenvalue weighted by atomic mass is 31.0. The van der Waals surface area contributed by atoms with E-state index in [1.54, 1.807) is 7.11 Å². The molecule has 11 heavy (non-hydrogen) atoms. The molecule has 0 fully saturated rings. The van der Waals surface area contributed by atoms with E-state index in [1.807, 2.05) is 25.1 Å². The summed E-state index contributed by atoms with van der Waals surface area (Å²) in [4.78, 5) is 0. The number of benzene rings is 1. The molecule has 0 aliphatic carbocycles. The van der Waals surface area contributed by atoms with Crippen LogP contribution in [0.2, 0.25) is 0 Å². The number of rotatable bonds is 2. The maximum atomic E-state index is 5.06. The molecule has 0 amide bonds. The van der Waals surface area contributed by atoms with Crippen LogP contribution in [0.5, 0.6) is 5.75 Å². The van der Waals surface area contributed by atoms with Gasteiger partial charge in [0.15, 0.2) is 0 Å². The second kappa shape index (κ2) is 3.59. The second-order valence-corrected chi connectivity index (χ2v) is 2.61. The molecule has 0 bridgehead atoms. The summed E-state index contributed by atoms with van der Waals surface area (Å²) in [5.74, 6) is 0.876. The Kier molecular flexibility index (Phi) is 2.72. The highest BCUT2D eigenvalue weighted by Gasteiger charge is 1.96. The van der Waals surface area contributed by atoms with Gasteiger partial charge in [0.05, 0.1) is 7.11 Å². The molecule has 1 aromatic rings.